The van der Waals surface area contributed by atoms with Crippen LogP contribution < -0.4 is 10.6 Å². The minimum atomic E-state index is -0.937. The van der Waals surface area contributed by atoms with Gasteiger partial charge in [-0.3, -0.25) is 19.2 Å². The van der Waals surface area contributed by atoms with Crippen LogP contribution in [0.4, 0.5) is 5.82 Å². The van der Waals surface area contributed by atoms with Crippen molar-refractivity contribution < 1.29 is 19.2 Å². The third-order valence-corrected chi connectivity index (χ3v) is 6.78. The molecule has 2 fully saturated rings. The summed E-state index contributed by atoms with van der Waals surface area (Å²) in [5.41, 5.74) is 0.944. The van der Waals surface area contributed by atoms with E-state index in [1.807, 2.05) is 19.1 Å². The number of hydrogen-bond acceptors (Lipinski definition) is 6. The molecule has 0 aliphatic carbocycles. The van der Waals surface area contributed by atoms with E-state index in [1.165, 1.54) is 0 Å². The van der Waals surface area contributed by atoms with Crippen LogP contribution in [0.5, 0.6) is 0 Å². The number of pyridine rings is 2. The monoisotopic (exact) mass is 492 g/mol. The Labute approximate surface area is 210 Å². The van der Waals surface area contributed by atoms with Gasteiger partial charge in [-0.2, -0.15) is 0 Å². The average molecular weight is 493 g/mol. The molecule has 1 atom stereocenters. The molecule has 0 aromatic carbocycles. The maximum atomic E-state index is 13.1. The van der Waals surface area contributed by atoms with Gasteiger partial charge >= 0.3 is 0 Å². The highest BCUT2D eigenvalue weighted by atomic mass is 16.2. The van der Waals surface area contributed by atoms with Gasteiger partial charge in [-0.15, -0.1) is 0 Å². The maximum absolute atomic E-state index is 13.1. The van der Waals surface area contributed by atoms with Crippen molar-refractivity contribution in [2.75, 3.05) is 25.0 Å². The lowest BCUT2D eigenvalue weighted by Crippen LogP contribution is -2.63. The first-order valence-corrected chi connectivity index (χ1v) is 12.3. The first-order valence-electron chi connectivity index (χ1n) is 12.3. The van der Waals surface area contributed by atoms with Crippen LogP contribution in [0.25, 0.3) is 0 Å². The molecule has 4 amide bonds. The fraction of sp³-hybridized carbons (Fsp3) is 0.462. The Bertz CT molecular complexity index is 1160. The van der Waals surface area contributed by atoms with Crippen LogP contribution in [0.15, 0.2) is 36.5 Å². The summed E-state index contributed by atoms with van der Waals surface area (Å²) < 4.78 is 0. The number of likely N-dealkylation sites (tertiary alicyclic amines) is 1. The number of nitrogens with zero attached hydrogens (tertiary/aromatic N) is 4. The lowest BCUT2D eigenvalue weighted by molar-refractivity contribution is -0.150. The Morgan fingerprint density at radius 1 is 1.11 bits per heavy atom. The average Bonchev–Trinajstić information content (AvgIpc) is 3.36. The minimum Gasteiger partial charge on any atom is -0.352 e. The molecule has 2 aliphatic heterocycles. The van der Waals surface area contributed by atoms with Gasteiger partial charge in [-0.1, -0.05) is 12.1 Å². The van der Waals surface area contributed by atoms with E-state index < -0.39 is 5.54 Å². The smallest absolute Gasteiger partial charge is 0.275 e. The number of anilines is 1. The molecular formula is C26H32N6O4. The fourth-order valence-corrected chi connectivity index (χ4v) is 4.69. The van der Waals surface area contributed by atoms with E-state index in [4.69, 9.17) is 0 Å². The molecule has 0 unspecified atom stereocenters. The number of carbonyl (C=O) groups excluding carboxylic acids is 4. The molecule has 2 saturated heterocycles. The van der Waals surface area contributed by atoms with Crippen LogP contribution in [0.3, 0.4) is 0 Å². The second-order valence-electron chi connectivity index (χ2n) is 9.73. The van der Waals surface area contributed by atoms with Crippen molar-refractivity contribution in [2.24, 2.45) is 0 Å². The molecule has 190 valence electrons. The SMILES string of the molecule is Cc1ccc(NC(=O)c2cccc([C@@H]3CCCN3C(=O)CCC(=O)N3CCNC(=O)C3(C)C)n2)nc1. The van der Waals surface area contributed by atoms with E-state index in [2.05, 4.69) is 20.6 Å². The summed E-state index contributed by atoms with van der Waals surface area (Å²) >= 11 is 0. The summed E-state index contributed by atoms with van der Waals surface area (Å²) in [6.07, 6.45) is 3.32. The van der Waals surface area contributed by atoms with Crippen molar-refractivity contribution in [3.8, 4) is 0 Å². The molecule has 4 rings (SSSR count). The van der Waals surface area contributed by atoms with Crippen LogP contribution >= 0.6 is 0 Å². The Morgan fingerprint density at radius 2 is 1.89 bits per heavy atom. The zero-order valence-corrected chi connectivity index (χ0v) is 20.9. The molecule has 0 spiro atoms. The number of aryl methyl sites for hydroxylation is 1. The number of aromatic nitrogens is 2. The molecule has 0 bridgehead atoms. The van der Waals surface area contributed by atoms with Crippen molar-refractivity contribution in [1.82, 2.24) is 25.1 Å². The Morgan fingerprint density at radius 3 is 2.64 bits per heavy atom. The summed E-state index contributed by atoms with van der Waals surface area (Å²) in [5.74, 6) is -0.468. The summed E-state index contributed by atoms with van der Waals surface area (Å²) in [6.45, 7) is 6.74. The lowest BCUT2D eigenvalue weighted by atomic mass is 9.98. The summed E-state index contributed by atoms with van der Waals surface area (Å²) in [7, 11) is 0. The zero-order chi connectivity index (χ0) is 25.9. The van der Waals surface area contributed by atoms with Crippen LogP contribution in [0.1, 0.15) is 67.3 Å². The highest BCUT2D eigenvalue weighted by Crippen LogP contribution is 2.32. The maximum Gasteiger partial charge on any atom is 0.275 e. The highest BCUT2D eigenvalue weighted by molar-refractivity contribution is 6.02. The van der Waals surface area contributed by atoms with Crippen molar-refractivity contribution in [3.63, 3.8) is 0 Å². The standard InChI is InChI=1S/C26H32N6O4/c1-17-9-10-21(28-16-17)30-24(35)19-7-4-6-18(29-19)20-8-5-14-31(20)22(33)11-12-23(34)32-15-13-27-25(36)26(32,2)3/h4,6-7,9-10,16,20H,5,8,11-15H2,1-3H3,(H,27,36)(H,28,30,35)/t20-/m0/s1. The number of amides is 4. The fourth-order valence-electron chi connectivity index (χ4n) is 4.69. The van der Waals surface area contributed by atoms with Crippen molar-refractivity contribution in [3.05, 3.63) is 53.5 Å². The Hall–Kier alpha value is -3.82. The zero-order valence-electron chi connectivity index (χ0n) is 20.9. The second-order valence-corrected chi connectivity index (χ2v) is 9.73. The summed E-state index contributed by atoms with van der Waals surface area (Å²) in [6, 6.07) is 8.54. The topological polar surface area (TPSA) is 125 Å². The number of rotatable bonds is 6. The molecular weight excluding hydrogens is 460 g/mol. The minimum absolute atomic E-state index is 0.0399. The Balaban J connectivity index is 1.39. The van der Waals surface area contributed by atoms with Gasteiger partial charge in [0.25, 0.3) is 5.91 Å². The number of piperazine rings is 1. The number of nitrogens with one attached hydrogen (secondary N) is 2. The molecule has 2 aromatic heterocycles. The van der Waals surface area contributed by atoms with Crippen LogP contribution in [0, 0.1) is 6.92 Å². The van der Waals surface area contributed by atoms with Crippen LogP contribution in [0.2, 0.25) is 0 Å². The number of carbonyl (C=O) groups is 4. The van der Waals surface area contributed by atoms with E-state index in [0.717, 1.165) is 18.4 Å². The van der Waals surface area contributed by atoms with Gasteiger partial charge in [-0.25, -0.2) is 9.97 Å². The van der Waals surface area contributed by atoms with Gasteiger partial charge in [0.05, 0.1) is 11.7 Å². The van der Waals surface area contributed by atoms with Crippen molar-refractivity contribution >= 4 is 29.4 Å². The summed E-state index contributed by atoms with van der Waals surface area (Å²) in [4.78, 5) is 62.8. The first-order chi connectivity index (χ1) is 17.2. The molecule has 0 saturated carbocycles. The Kier molecular flexibility index (Phi) is 7.32. The molecule has 10 heteroatoms. The molecule has 0 radical (unpaired) electrons. The van der Waals surface area contributed by atoms with E-state index in [9.17, 15) is 19.2 Å². The van der Waals surface area contributed by atoms with Crippen LogP contribution in [-0.2, 0) is 14.4 Å². The molecule has 4 heterocycles. The second kappa shape index (κ2) is 10.4. The molecule has 2 aromatic rings. The number of hydrogen-bond donors (Lipinski definition) is 2. The largest absolute Gasteiger partial charge is 0.352 e. The summed E-state index contributed by atoms with van der Waals surface area (Å²) in [5, 5.41) is 5.52. The predicted molar refractivity (Wildman–Crippen MR) is 133 cm³/mol. The van der Waals surface area contributed by atoms with Crippen molar-refractivity contribution in [2.45, 2.75) is 58.0 Å². The van der Waals surface area contributed by atoms with Gasteiger partial charge in [0.15, 0.2) is 0 Å². The predicted octanol–water partition coefficient (Wildman–Crippen LogP) is 2.22. The lowest BCUT2D eigenvalue weighted by Gasteiger charge is -2.41. The van der Waals surface area contributed by atoms with Gasteiger partial charge in [0.2, 0.25) is 17.7 Å². The van der Waals surface area contributed by atoms with Gasteiger partial charge in [0, 0.05) is 38.7 Å². The molecule has 2 aliphatic rings. The van der Waals surface area contributed by atoms with Crippen molar-refractivity contribution in [1.29, 1.82) is 0 Å². The molecule has 36 heavy (non-hydrogen) atoms. The normalized spacial score (nSPS) is 19.1. The third kappa shape index (κ3) is 5.37. The van der Waals surface area contributed by atoms with E-state index in [1.54, 1.807) is 48.0 Å². The van der Waals surface area contributed by atoms with Gasteiger partial charge in [-0.05, 0) is 57.4 Å². The van der Waals surface area contributed by atoms with Gasteiger partial charge < -0.3 is 20.4 Å². The third-order valence-electron chi connectivity index (χ3n) is 6.78. The van der Waals surface area contributed by atoms with E-state index in [0.29, 0.717) is 31.1 Å². The molecule has 2 N–H and O–H groups in total. The van der Waals surface area contributed by atoms with Crippen LogP contribution in [-0.4, -0.2) is 68.6 Å². The van der Waals surface area contributed by atoms with E-state index >= 15 is 0 Å². The molecule has 10 nitrogen and oxygen atoms in total. The first kappa shape index (κ1) is 25.3. The van der Waals surface area contributed by atoms with Gasteiger partial charge in [0.1, 0.15) is 17.1 Å². The quantitative estimate of drug-likeness (QED) is 0.637. The van der Waals surface area contributed by atoms with E-state index in [-0.39, 0.29) is 48.2 Å². The highest BCUT2D eigenvalue weighted by Gasteiger charge is 2.40.